The molecule has 5 nitrogen and oxygen atoms in total. The number of hydrogen-bond donors (Lipinski definition) is 1. The molecule has 1 fully saturated rings. The first-order chi connectivity index (χ1) is 10.0. The zero-order valence-corrected chi connectivity index (χ0v) is 13.1. The van der Waals surface area contributed by atoms with Crippen LogP contribution in [-0.2, 0) is 24.8 Å². The summed E-state index contributed by atoms with van der Waals surface area (Å²) in [7, 11) is 1.34. The zero-order chi connectivity index (χ0) is 15.3. The zero-order valence-electron chi connectivity index (χ0n) is 12.3. The van der Waals surface area contributed by atoms with E-state index in [1.165, 1.54) is 7.11 Å². The van der Waals surface area contributed by atoms with Crippen molar-refractivity contribution in [2.75, 3.05) is 25.2 Å². The van der Waals surface area contributed by atoms with Gasteiger partial charge in [-0.3, -0.25) is 4.79 Å². The van der Waals surface area contributed by atoms with Gasteiger partial charge in [0, 0.05) is 17.1 Å². The topological polar surface area (TPSA) is 70.8 Å². The minimum Gasteiger partial charge on any atom is -0.468 e. The number of esters is 1. The quantitative estimate of drug-likeness (QED) is 0.803. The lowest BCUT2D eigenvalue weighted by molar-refractivity contribution is -0.159. The smallest absolute Gasteiger partial charge is 0.323 e. The Morgan fingerprint density at radius 1 is 1.52 bits per heavy atom. The highest BCUT2D eigenvalue weighted by Gasteiger charge is 2.38. The van der Waals surface area contributed by atoms with Gasteiger partial charge in [-0.25, -0.2) is 0 Å². The highest BCUT2D eigenvalue weighted by atomic mass is 32.2. The molecule has 1 heterocycles. The Kier molecular flexibility index (Phi) is 5.64. The van der Waals surface area contributed by atoms with Gasteiger partial charge in [-0.15, -0.1) is 0 Å². The van der Waals surface area contributed by atoms with Crippen molar-refractivity contribution in [2.24, 2.45) is 5.73 Å². The maximum absolute atomic E-state index is 11.2. The van der Waals surface area contributed by atoms with Gasteiger partial charge >= 0.3 is 5.97 Å². The van der Waals surface area contributed by atoms with Crippen molar-refractivity contribution in [3.05, 3.63) is 35.9 Å². The van der Waals surface area contributed by atoms with Crippen LogP contribution in [0.15, 0.2) is 30.3 Å². The van der Waals surface area contributed by atoms with Crippen LogP contribution in [-0.4, -0.2) is 43.3 Å². The molecule has 1 aliphatic heterocycles. The molecule has 2 N–H and O–H groups in total. The lowest BCUT2D eigenvalue weighted by Crippen LogP contribution is -2.34. The van der Waals surface area contributed by atoms with E-state index in [2.05, 4.69) is 4.74 Å². The second-order valence-corrected chi connectivity index (χ2v) is 6.10. The number of hydrogen-bond acceptors (Lipinski definition) is 6. The maximum atomic E-state index is 11.2. The van der Waals surface area contributed by atoms with E-state index in [1.54, 1.807) is 11.8 Å². The Balaban J connectivity index is 1.79. The first kappa shape index (κ1) is 16.3. The number of benzene rings is 1. The fourth-order valence-electron chi connectivity index (χ4n) is 2.16. The van der Waals surface area contributed by atoms with Crippen LogP contribution in [0.1, 0.15) is 12.5 Å². The molecule has 0 bridgehead atoms. The van der Waals surface area contributed by atoms with E-state index < -0.39 is 11.8 Å². The second kappa shape index (κ2) is 7.26. The van der Waals surface area contributed by atoms with E-state index in [0.717, 1.165) is 11.3 Å². The summed E-state index contributed by atoms with van der Waals surface area (Å²) < 4.78 is 16.4. The minimum atomic E-state index is -0.697. The van der Waals surface area contributed by atoms with Gasteiger partial charge in [-0.1, -0.05) is 30.3 Å². The lowest BCUT2D eigenvalue weighted by atomic mass is 10.1. The number of nitrogens with two attached hydrogens (primary N) is 1. The Bertz CT molecular complexity index is 470. The van der Waals surface area contributed by atoms with Gasteiger partial charge in [-0.2, -0.15) is 11.8 Å². The maximum Gasteiger partial charge on any atom is 0.323 e. The van der Waals surface area contributed by atoms with Crippen molar-refractivity contribution in [3.8, 4) is 0 Å². The van der Waals surface area contributed by atoms with Crippen molar-refractivity contribution >= 4 is 17.7 Å². The molecule has 3 unspecified atom stereocenters. The fourth-order valence-corrected chi connectivity index (χ4v) is 3.11. The van der Waals surface area contributed by atoms with E-state index in [0.29, 0.717) is 12.4 Å². The van der Waals surface area contributed by atoms with Gasteiger partial charge in [0.2, 0.25) is 0 Å². The molecule has 2 rings (SSSR count). The highest BCUT2D eigenvalue weighted by molar-refractivity contribution is 7.99. The largest absolute Gasteiger partial charge is 0.468 e. The summed E-state index contributed by atoms with van der Waals surface area (Å²) in [5, 5.41) is 0. The van der Waals surface area contributed by atoms with Crippen LogP contribution >= 0.6 is 11.8 Å². The summed E-state index contributed by atoms with van der Waals surface area (Å²) in [6.45, 7) is 2.46. The lowest BCUT2D eigenvalue weighted by Gasteiger charge is -2.23. The summed E-state index contributed by atoms with van der Waals surface area (Å²) in [6, 6.07) is 9.27. The van der Waals surface area contributed by atoms with Gasteiger partial charge in [0.15, 0.2) is 5.79 Å². The van der Waals surface area contributed by atoms with Crippen LogP contribution in [0.25, 0.3) is 0 Å². The highest BCUT2D eigenvalue weighted by Crippen LogP contribution is 2.34. The van der Waals surface area contributed by atoms with E-state index >= 15 is 0 Å². The summed E-state index contributed by atoms with van der Waals surface area (Å²) in [5.74, 6) is 0.152. The molecule has 0 saturated carbocycles. The van der Waals surface area contributed by atoms with Gasteiger partial charge in [0.1, 0.15) is 6.04 Å². The predicted octanol–water partition coefficient (Wildman–Crippen LogP) is 1.51. The summed E-state index contributed by atoms with van der Waals surface area (Å²) in [5.41, 5.74) is 6.69. The predicted molar refractivity (Wildman–Crippen MR) is 81.9 cm³/mol. The standard InChI is InChI=1S/C15H21NO4S/c1-15(11-6-4-3-5-7-11)19-8-12(20-15)9-21-10-13(16)14(17)18-2/h3-7,12-13H,8-10,16H2,1-2H3. The van der Waals surface area contributed by atoms with Crippen molar-refractivity contribution in [1.29, 1.82) is 0 Å². The van der Waals surface area contributed by atoms with E-state index in [4.69, 9.17) is 15.2 Å². The van der Waals surface area contributed by atoms with E-state index in [9.17, 15) is 4.79 Å². The molecule has 116 valence electrons. The number of thioether (sulfide) groups is 1. The van der Waals surface area contributed by atoms with Gasteiger partial charge < -0.3 is 19.9 Å². The minimum absolute atomic E-state index is 0.00921. The molecule has 1 aromatic rings. The summed E-state index contributed by atoms with van der Waals surface area (Å²) in [6.07, 6.45) is -0.00921. The van der Waals surface area contributed by atoms with Crippen LogP contribution in [0.4, 0.5) is 0 Å². The van der Waals surface area contributed by atoms with Gasteiger partial charge in [-0.05, 0) is 6.92 Å². The molecular weight excluding hydrogens is 290 g/mol. The van der Waals surface area contributed by atoms with Crippen LogP contribution in [0.2, 0.25) is 0 Å². The van der Waals surface area contributed by atoms with Crippen molar-refractivity contribution in [1.82, 2.24) is 0 Å². The van der Waals surface area contributed by atoms with Crippen molar-refractivity contribution < 1.29 is 19.0 Å². The van der Waals surface area contributed by atoms with Crippen LogP contribution < -0.4 is 5.73 Å². The third-order valence-electron chi connectivity index (χ3n) is 3.34. The molecule has 1 saturated heterocycles. The number of ether oxygens (including phenoxy) is 3. The number of carbonyl (C=O) groups excluding carboxylic acids is 1. The third kappa shape index (κ3) is 4.20. The first-order valence-electron chi connectivity index (χ1n) is 6.83. The molecule has 0 aliphatic carbocycles. The molecule has 3 atom stereocenters. The summed E-state index contributed by atoms with van der Waals surface area (Å²) in [4.78, 5) is 11.2. The molecule has 1 aliphatic rings. The number of methoxy groups -OCH3 is 1. The molecular formula is C15H21NO4S. The van der Waals surface area contributed by atoms with Gasteiger partial charge in [0.05, 0.1) is 19.8 Å². The van der Waals surface area contributed by atoms with Crippen LogP contribution in [0, 0.1) is 0 Å². The SMILES string of the molecule is COC(=O)C(N)CSCC1COC(C)(c2ccccc2)O1. The average Bonchev–Trinajstić information content (AvgIpc) is 2.90. The fraction of sp³-hybridized carbons (Fsp3) is 0.533. The van der Waals surface area contributed by atoms with Crippen molar-refractivity contribution in [2.45, 2.75) is 24.9 Å². The molecule has 21 heavy (non-hydrogen) atoms. The molecule has 0 amide bonds. The van der Waals surface area contributed by atoms with Crippen LogP contribution in [0.3, 0.4) is 0 Å². The number of rotatable bonds is 6. The molecule has 1 aromatic carbocycles. The van der Waals surface area contributed by atoms with Crippen molar-refractivity contribution in [3.63, 3.8) is 0 Å². The normalized spacial score (nSPS) is 26.5. The second-order valence-electron chi connectivity index (χ2n) is 5.03. The van der Waals surface area contributed by atoms with Gasteiger partial charge in [0.25, 0.3) is 0 Å². The monoisotopic (exact) mass is 311 g/mol. The molecule has 6 heteroatoms. The first-order valence-corrected chi connectivity index (χ1v) is 7.99. The van der Waals surface area contributed by atoms with E-state index in [1.807, 2.05) is 37.3 Å². The Morgan fingerprint density at radius 2 is 2.24 bits per heavy atom. The number of carbonyl (C=O) groups is 1. The molecule has 0 aromatic heterocycles. The summed E-state index contributed by atoms with van der Waals surface area (Å²) >= 11 is 1.57. The molecule has 0 radical (unpaired) electrons. The van der Waals surface area contributed by atoms with E-state index in [-0.39, 0.29) is 12.1 Å². The third-order valence-corrected chi connectivity index (χ3v) is 4.54. The Morgan fingerprint density at radius 3 is 2.90 bits per heavy atom. The Hall–Kier alpha value is -1.08. The average molecular weight is 311 g/mol. The van der Waals surface area contributed by atoms with Crippen LogP contribution in [0.5, 0.6) is 0 Å². The Labute approximate surface area is 129 Å². The molecule has 0 spiro atoms.